The minimum Gasteiger partial charge on any atom is -0.468 e. The highest BCUT2D eigenvalue weighted by Crippen LogP contribution is 2.30. The predicted octanol–water partition coefficient (Wildman–Crippen LogP) is 3.09. The highest BCUT2D eigenvalue weighted by atomic mass is 16.3. The summed E-state index contributed by atoms with van der Waals surface area (Å²) >= 11 is 0. The first kappa shape index (κ1) is 13.1. The van der Waals surface area contributed by atoms with E-state index in [2.05, 4.69) is 34.5 Å². The molecule has 0 atom stereocenters. The molecule has 0 saturated heterocycles. The van der Waals surface area contributed by atoms with Gasteiger partial charge in [-0.15, -0.1) is 0 Å². The Morgan fingerprint density at radius 2 is 2.10 bits per heavy atom. The molecule has 1 aliphatic heterocycles. The Hall–Kier alpha value is -1.58. The second-order valence-corrected chi connectivity index (χ2v) is 6.25. The van der Waals surface area contributed by atoms with Crippen LogP contribution in [0.4, 0.5) is 0 Å². The van der Waals surface area contributed by atoms with E-state index in [1.807, 2.05) is 6.07 Å². The number of hydrogen-bond acceptors (Lipinski definition) is 3. The van der Waals surface area contributed by atoms with E-state index in [4.69, 9.17) is 4.42 Å². The maximum Gasteiger partial charge on any atom is 0.117 e. The second kappa shape index (κ2) is 5.66. The van der Waals surface area contributed by atoms with Gasteiger partial charge in [-0.1, -0.05) is 18.2 Å². The fourth-order valence-corrected chi connectivity index (χ4v) is 3.22. The van der Waals surface area contributed by atoms with Crippen LogP contribution < -0.4 is 5.32 Å². The van der Waals surface area contributed by atoms with Gasteiger partial charge >= 0.3 is 0 Å². The summed E-state index contributed by atoms with van der Waals surface area (Å²) in [4.78, 5) is 2.55. The van der Waals surface area contributed by atoms with Crippen molar-refractivity contribution in [2.45, 2.75) is 44.9 Å². The van der Waals surface area contributed by atoms with Crippen molar-refractivity contribution >= 4 is 0 Å². The van der Waals surface area contributed by atoms with E-state index >= 15 is 0 Å². The lowest BCUT2D eigenvalue weighted by atomic mass is 9.98. The van der Waals surface area contributed by atoms with Crippen LogP contribution in [0.15, 0.2) is 41.0 Å². The fraction of sp³-hybridized carbons (Fsp3) is 0.444. The Kier molecular flexibility index (Phi) is 3.53. The molecule has 3 nitrogen and oxygen atoms in total. The van der Waals surface area contributed by atoms with Crippen LogP contribution in [0.25, 0.3) is 0 Å². The van der Waals surface area contributed by atoms with Gasteiger partial charge in [0.2, 0.25) is 0 Å². The Labute approximate surface area is 126 Å². The summed E-state index contributed by atoms with van der Waals surface area (Å²) in [5.74, 6) is 1.07. The number of benzene rings is 1. The van der Waals surface area contributed by atoms with Crippen LogP contribution >= 0.6 is 0 Å². The first-order valence-electron chi connectivity index (χ1n) is 7.96. The van der Waals surface area contributed by atoms with Crippen molar-refractivity contribution in [2.24, 2.45) is 0 Å². The average molecular weight is 282 g/mol. The van der Waals surface area contributed by atoms with Gasteiger partial charge in [0.15, 0.2) is 0 Å². The first-order chi connectivity index (χ1) is 10.4. The maximum atomic E-state index is 5.52. The Morgan fingerprint density at radius 1 is 1.14 bits per heavy atom. The number of furan rings is 1. The van der Waals surface area contributed by atoms with E-state index in [9.17, 15) is 0 Å². The summed E-state index contributed by atoms with van der Waals surface area (Å²) in [6.45, 7) is 4.08. The van der Waals surface area contributed by atoms with Crippen molar-refractivity contribution in [1.29, 1.82) is 0 Å². The van der Waals surface area contributed by atoms with E-state index in [0.717, 1.165) is 44.4 Å². The molecular formula is C18H22N2O. The van der Waals surface area contributed by atoms with Gasteiger partial charge in [-0.05, 0) is 54.6 Å². The van der Waals surface area contributed by atoms with Gasteiger partial charge in [-0.25, -0.2) is 0 Å². The molecule has 1 saturated carbocycles. The van der Waals surface area contributed by atoms with Crippen LogP contribution in [0.3, 0.4) is 0 Å². The molecule has 21 heavy (non-hydrogen) atoms. The zero-order valence-corrected chi connectivity index (χ0v) is 12.3. The number of fused-ring (bicyclic) bond motifs is 1. The van der Waals surface area contributed by atoms with Gasteiger partial charge in [0.1, 0.15) is 5.76 Å². The normalized spacial score (nSPS) is 18.0. The number of hydrogen-bond donors (Lipinski definition) is 1. The smallest absolute Gasteiger partial charge is 0.117 e. The summed E-state index contributed by atoms with van der Waals surface area (Å²) in [5, 5.41) is 3.46. The van der Waals surface area contributed by atoms with Crippen LogP contribution in [0.5, 0.6) is 0 Å². The largest absolute Gasteiger partial charge is 0.468 e. The zero-order chi connectivity index (χ0) is 14.1. The summed E-state index contributed by atoms with van der Waals surface area (Å²) in [7, 11) is 0. The van der Waals surface area contributed by atoms with E-state index in [0.29, 0.717) is 0 Å². The van der Waals surface area contributed by atoms with Gasteiger partial charge in [-0.3, -0.25) is 4.90 Å². The molecule has 0 spiro atoms. The lowest BCUT2D eigenvalue weighted by Gasteiger charge is -2.23. The Balaban J connectivity index is 1.50. The first-order valence-corrected chi connectivity index (χ1v) is 7.96. The molecule has 0 amide bonds. The van der Waals surface area contributed by atoms with E-state index < -0.39 is 0 Å². The third kappa shape index (κ3) is 3.04. The SMILES string of the molecule is c1coc(CN(Cc2ccc3c(c2)CNCC3)C2CC2)c1. The van der Waals surface area contributed by atoms with Gasteiger partial charge in [0.05, 0.1) is 12.8 Å². The standard InChI is InChI=1S/C18H22N2O/c1-2-18(21-9-1)13-20(17-5-6-17)12-14-3-4-15-7-8-19-11-16(15)10-14/h1-4,9-10,17,19H,5-8,11-13H2. The van der Waals surface area contributed by atoms with Crippen molar-refractivity contribution in [3.05, 3.63) is 59.0 Å². The molecule has 0 radical (unpaired) electrons. The van der Waals surface area contributed by atoms with Gasteiger partial charge in [0.25, 0.3) is 0 Å². The van der Waals surface area contributed by atoms with Crippen molar-refractivity contribution in [1.82, 2.24) is 10.2 Å². The number of rotatable bonds is 5. The highest BCUT2D eigenvalue weighted by Gasteiger charge is 2.29. The summed E-state index contributed by atoms with van der Waals surface area (Å²) in [6.07, 6.45) is 5.58. The average Bonchev–Trinajstić information content (AvgIpc) is 3.24. The maximum absolute atomic E-state index is 5.52. The predicted molar refractivity (Wildman–Crippen MR) is 82.8 cm³/mol. The second-order valence-electron chi connectivity index (χ2n) is 6.25. The molecule has 4 rings (SSSR count). The monoisotopic (exact) mass is 282 g/mol. The molecule has 1 aromatic carbocycles. The molecule has 2 aliphatic rings. The lowest BCUT2D eigenvalue weighted by Crippen LogP contribution is -2.26. The minimum atomic E-state index is 0.740. The number of nitrogens with one attached hydrogen (secondary N) is 1. The molecule has 0 bridgehead atoms. The van der Waals surface area contributed by atoms with Gasteiger partial charge in [-0.2, -0.15) is 0 Å². The Bertz CT molecular complexity index is 602. The zero-order valence-electron chi connectivity index (χ0n) is 12.3. The highest BCUT2D eigenvalue weighted by molar-refractivity contribution is 5.33. The minimum absolute atomic E-state index is 0.740. The molecule has 0 unspecified atom stereocenters. The lowest BCUT2D eigenvalue weighted by molar-refractivity contribution is 0.225. The summed E-state index contributed by atoms with van der Waals surface area (Å²) in [6, 6.07) is 11.8. The fourth-order valence-electron chi connectivity index (χ4n) is 3.22. The Morgan fingerprint density at radius 3 is 2.90 bits per heavy atom. The summed E-state index contributed by atoms with van der Waals surface area (Å²) < 4.78 is 5.52. The molecular weight excluding hydrogens is 260 g/mol. The van der Waals surface area contributed by atoms with Crippen molar-refractivity contribution in [3.8, 4) is 0 Å². The molecule has 2 heterocycles. The quantitative estimate of drug-likeness (QED) is 0.913. The van der Waals surface area contributed by atoms with Crippen molar-refractivity contribution in [3.63, 3.8) is 0 Å². The molecule has 1 aromatic heterocycles. The molecule has 3 heteroatoms. The third-order valence-corrected chi connectivity index (χ3v) is 4.55. The van der Waals surface area contributed by atoms with E-state index in [1.165, 1.54) is 29.5 Å². The molecule has 110 valence electrons. The summed E-state index contributed by atoms with van der Waals surface area (Å²) in [5.41, 5.74) is 4.42. The molecule has 1 fully saturated rings. The van der Waals surface area contributed by atoms with Crippen molar-refractivity contribution in [2.75, 3.05) is 6.54 Å². The van der Waals surface area contributed by atoms with Crippen molar-refractivity contribution < 1.29 is 4.42 Å². The van der Waals surface area contributed by atoms with E-state index in [-0.39, 0.29) is 0 Å². The number of nitrogens with zero attached hydrogens (tertiary/aromatic N) is 1. The topological polar surface area (TPSA) is 28.4 Å². The van der Waals surface area contributed by atoms with Gasteiger partial charge in [0, 0.05) is 19.1 Å². The van der Waals surface area contributed by atoms with Gasteiger partial charge < -0.3 is 9.73 Å². The molecule has 1 aliphatic carbocycles. The van der Waals surface area contributed by atoms with E-state index in [1.54, 1.807) is 6.26 Å². The molecule has 1 N–H and O–H groups in total. The third-order valence-electron chi connectivity index (χ3n) is 4.55. The van der Waals surface area contributed by atoms with Crippen LogP contribution in [0.2, 0.25) is 0 Å². The van der Waals surface area contributed by atoms with Crippen LogP contribution in [0, 0.1) is 0 Å². The van der Waals surface area contributed by atoms with Crippen LogP contribution in [0.1, 0.15) is 35.3 Å². The van der Waals surface area contributed by atoms with Crippen LogP contribution in [-0.2, 0) is 26.1 Å². The van der Waals surface area contributed by atoms with Crippen LogP contribution in [-0.4, -0.2) is 17.5 Å². The molecule has 2 aromatic rings.